The minimum Gasteiger partial charge on any atom is -0.497 e. The van der Waals surface area contributed by atoms with Crippen LogP contribution in [0.5, 0.6) is 5.75 Å². The molecule has 6 heteroatoms. The van der Waals surface area contributed by atoms with Gasteiger partial charge in [0.25, 0.3) is 0 Å². The van der Waals surface area contributed by atoms with Crippen LogP contribution in [0.15, 0.2) is 48.5 Å². The summed E-state index contributed by atoms with van der Waals surface area (Å²) in [5, 5.41) is 0. The lowest BCUT2D eigenvalue weighted by Crippen LogP contribution is -2.32. The second-order valence-electron chi connectivity index (χ2n) is 7.92. The van der Waals surface area contributed by atoms with Crippen molar-refractivity contribution in [2.24, 2.45) is 5.92 Å². The summed E-state index contributed by atoms with van der Waals surface area (Å²) in [5.74, 6) is -0.683. The lowest BCUT2D eigenvalue weighted by molar-refractivity contribution is -0.161. The first kappa shape index (κ1) is 22.3. The van der Waals surface area contributed by atoms with Gasteiger partial charge in [0, 0.05) is 0 Å². The van der Waals surface area contributed by atoms with E-state index < -0.39 is 17.8 Å². The van der Waals surface area contributed by atoms with Gasteiger partial charge in [0.05, 0.1) is 33.4 Å². The molecule has 0 N–H and O–H groups in total. The molecule has 0 bridgehead atoms. The van der Waals surface area contributed by atoms with Crippen molar-refractivity contribution in [3.8, 4) is 5.75 Å². The van der Waals surface area contributed by atoms with Crippen LogP contribution < -0.4 is 4.74 Å². The van der Waals surface area contributed by atoms with Gasteiger partial charge in [0.1, 0.15) is 18.0 Å². The third-order valence-electron chi connectivity index (χ3n) is 5.20. The zero-order valence-electron chi connectivity index (χ0n) is 18.2. The fraction of sp³-hybridized carbons (Fsp3) is 0.458. The van der Waals surface area contributed by atoms with Crippen LogP contribution in [0.1, 0.15) is 43.6 Å². The molecule has 1 fully saturated rings. The molecule has 0 aromatic heterocycles. The normalized spacial score (nSPS) is 21.2. The van der Waals surface area contributed by atoms with Crippen molar-refractivity contribution in [2.45, 2.75) is 52.0 Å². The molecule has 3 rings (SSSR count). The third-order valence-corrected chi connectivity index (χ3v) is 5.20. The van der Waals surface area contributed by atoms with Gasteiger partial charge in [-0.1, -0.05) is 36.4 Å². The number of carbonyl (C=O) groups excluding carboxylic acids is 1. The summed E-state index contributed by atoms with van der Waals surface area (Å²) in [4.78, 5) is 12.0. The molecule has 162 valence electrons. The molecular formula is C24H30O6. The van der Waals surface area contributed by atoms with Crippen molar-refractivity contribution in [1.82, 2.24) is 0 Å². The predicted octanol–water partition coefficient (Wildman–Crippen LogP) is 4.41. The number of methoxy groups -OCH3 is 2. The zero-order valence-corrected chi connectivity index (χ0v) is 18.2. The molecule has 1 aliphatic heterocycles. The van der Waals surface area contributed by atoms with Crippen LogP contribution in [0.25, 0.3) is 0 Å². The van der Waals surface area contributed by atoms with Crippen LogP contribution in [-0.2, 0) is 37.0 Å². The Labute approximate surface area is 178 Å². The predicted molar refractivity (Wildman–Crippen MR) is 112 cm³/mol. The molecule has 1 saturated heterocycles. The molecule has 0 spiro atoms. The number of rotatable bonds is 8. The van der Waals surface area contributed by atoms with E-state index in [1.165, 1.54) is 7.11 Å². The largest absolute Gasteiger partial charge is 0.497 e. The highest BCUT2D eigenvalue weighted by atomic mass is 16.8. The van der Waals surface area contributed by atoms with Crippen molar-refractivity contribution >= 4 is 5.97 Å². The lowest BCUT2D eigenvalue weighted by atomic mass is 9.94. The van der Waals surface area contributed by atoms with Gasteiger partial charge >= 0.3 is 5.97 Å². The first-order valence-corrected chi connectivity index (χ1v) is 10.1. The highest BCUT2D eigenvalue weighted by Gasteiger charge is 2.46. The first-order chi connectivity index (χ1) is 14.3. The van der Waals surface area contributed by atoms with Crippen molar-refractivity contribution in [2.75, 3.05) is 14.2 Å². The Hall–Kier alpha value is -2.41. The standard InChI is InChI=1S/C24H30O6/c1-16(23(25)27-5)21-22(30-24(2,3)29-21)19-10-6-17(7-11-19)14-28-15-18-8-12-20(26-4)13-9-18/h6-13,16,21-22H,14-15H2,1-5H3/t16-,21-,22-/m1/s1. The second-order valence-corrected chi connectivity index (χ2v) is 7.92. The van der Waals surface area contributed by atoms with E-state index in [0.717, 1.165) is 22.4 Å². The van der Waals surface area contributed by atoms with E-state index in [4.69, 9.17) is 23.7 Å². The number of benzene rings is 2. The highest BCUT2D eigenvalue weighted by molar-refractivity contribution is 5.72. The minimum absolute atomic E-state index is 0.310. The lowest BCUT2D eigenvalue weighted by Gasteiger charge is -2.22. The van der Waals surface area contributed by atoms with E-state index >= 15 is 0 Å². The summed E-state index contributed by atoms with van der Waals surface area (Å²) in [6, 6.07) is 15.8. The van der Waals surface area contributed by atoms with Gasteiger partial charge in [-0.2, -0.15) is 0 Å². The van der Waals surface area contributed by atoms with Gasteiger partial charge in [0.2, 0.25) is 0 Å². The maximum absolute atomic E-state index is 12.0. The molecule has 0 amide bonds. The number of carbonyl (C=O) groups is 1. The molecule has 2 aromatic carbocycles. The van der Waals surface area contributed by atoms with Crippen LogP contribution in [0.3, 0.4) is 0 Å². The Balaban J connectivity index is 1.61. The molecule has 0 radical (unpaired) electrons. The molecule has 2 aromatic rings. The van der Waals surface area contributed by atoms with E-state index in [9.17, 15) is 4.79 Å². The topological polar surface area (TPSA) is 63.2 Å². The summed E-state index contributed by atoms with van der Waals surface area (Å²) in [5.41, 5.74) is 3.11. The van der Waals surface area contributed by atoms with Gasteiger partial charge in [-0.25, -0.2) is 0 Å². The quantitative estimate of drug-likeness (QED) is 0.596. The van der Waals surface area contributed by atoms with Crippen molar-refractivity contribution < 1.29 is 28.5 Å². The summed E-state index contributed by atoms with van der Waals surface area (Å²) < 4.78 is 28.0. The van der Waals surface area contributed by atoms with Crippen LogP contribution >= 0.6 is 0 Å². The maximum Gasteiger partial charge on any atom is 0.311 e. The smallest absolute Gasteiger partial charge is 0.311 e. The van der Waals surface area contributed by atoms with E-state index in [0.29, 0.717) is 13.2 Å². The monoisotopic (exact) mass is 414 g/mol. The Morgan fingerprint density at radius 3 is 2.07 bits per heavy atom. The third kappa shape index (κ3) is 5.39. The van der Waals surface area contributed by atoms with Crippen LogP contribution in [0.4, 0.5) is 0 Å². The number of hydrogen-bond donors (Lipinski definition) is 0. The van der Waals surface area contributed by atoms with Gasteiger partial charge in [0.15, 0.2) is 5.79 Å². The van der Waals surface area contributed by atoms with Crippen molar-refractivity contribution in [1.29, 1.82) is 0 Å². The molecular weight excluding hydrogens is 384 g/mol. The summed E-state index contributed by atoms with van der Waals surface area (Å²) >= 11 is 0. The average Bonchev–Trinajstić information content (AvgIpc) is 3.09. The van der Waals surface area contributed by atoms with Crippen LogP contribution in [0, 0.1) is 5.92 Å². The minimum atomic E-state index is -0.766. The van der Waals surface area contributed by atoms with Gasteiger partial charge in [-0.05, 0) is 49.6 Å². The molecule has 30 heavy (non-hydrogen) atoms. The van der Waals surface area contributed by atoms with Crippen molar-refractivity contribution in [3.05, 3.63) is 65.2 Å². The Kier molecular flexibility index (Phi) is 7.13. The maximum atomic E-state index is 12.0. The van der Waals surface area contributed by atoms with Gasteiger partial charge < -0.3 is 23.7 Å². The SMILES string of the molecule is COC(=O)[C@H](C)[C@H]1OC(C)(C)O[C@@H]1c1ccc(COCc2ccc(OC)cc2)cc1. The Bertz CT molecular complexity index is 828. The molecule has 1 aliphatic rings. The second kappa shape index (κ2) is 9.60. The number of hydrogen-bond acceptors (Lipinski definition) is 6. The van der Waals surface area contributed by atoms with E-state index in [2.05, 4.69) is 0 Å². The van der Waals surface area contributed by atoms with Gasteiger partial charge in [-0.15, -0.1) is 0 Å². The average molecular weight is 414 g/mol. The van der Waals surface area contributed by atoms with E-state index in [-0.39, 0.29) is 12.1 Å². The Morgan fingerprint density at radius 1 is 0.967 bits per heavy atom. The summed E-state index contributed by atoms with van der Waals surface area (Å²) in [6.07, 6.45) is -0.756. The van der Waals surface area contributed by atoms with Crippen LogP contribution in [0.2, 0.25) is 0 Å². The van der Waals surface area contributed by atoms with Crippen molar-refractivity contribution in [3.63, 3.8) is 0 Å². The fourth-order valence-electron chi connectivity index (χ4n) is 3.54. The highest BCUT2D eigenvalue weighted by Crippen LogP contribution is 2.41. The zero-order chi connectivity index (χ0) is 21.7. The number of ether oxygens (including phenoxy) is 5. The van der Waals surface area contributed by atoms with Gasteiger partial charge in [-0.3, -0.25) is 4.79 Å². The van der Waals surface area contributed by atoms with E-state index in [1.807, 2.05) is 62.4 Å². The van der Waals surface area contributed by atoms with E-state index in [1.54, 1.807) is 14.0 Å². The number of esters is 1. The molecule has 0 saturated carbocycles. The molecule has 1 heterocycles. The Morgan fingerprint density at radius 2 is 1.53 bits per heavy atom. The molecule has 0 unspecified atom stereocenters. The molecule has 0 aliphatic carbocycles. The molecule has 3 atom stereocenters. The first-order valence-electron chi connectivity index (χ1n) is 10.1. The summed E-state index contributed by atoms with van der Waals surface area (Å²) in [7, 11) is 3.03. The fourth-order valence-corrected chi connectivity index (χ4v) is 3.54. The molecule has 6 nitrogen and oxygen atoms in total. The summed E-state index contributed by atoms with van der Waals surface area (Å²) in [6.45, 7) is 6.53. The van der Waals surface area contributed by atoms with Crippen LogP contribution in [-0.4, -0.2) is 32.1 Å².